The summed E-state index contributed by atoms with van der Waals surface area (Å²) in [6.45, 7) is 8.37. The maximum absolute atomic E-state index is 14.5. The van der Waals surface area contributed by atoms with Crippen LogP contribution in [0.3, 0.4) is 0 Å². The molecule has 1 atom stereocenters. The van der Waals surface area contributed by atoms with Crippen LogP contribution in [0.25, 0.3) is 16.6 Å². The normalized spacial score (nSPS) is 19.8. The standard InChI is InChI=1S/C27H32FN7O/c1-16-13-35-14-18(11-21(28)25(35)29-16)31-26(36)19-5-6-22(20-15-33(4)32-24(19)20)34-9-7-17(8-10-34)30-23-12-27(23,2)3/h5-6,11,13-15,17,23,30H,7-10,12H2,1-4H3,(H,31,36). The Bertz CT molecular complexity index is 1480. The third kappa shape index (κ3) is 4.11. The van der Waals surface area contributed by atoms with E-state index in [2.05, 4.69) is 39.5 Å². The molecule has 188 valence electrons. The monoisotopic (exact) mass is 489 g/mol. The molecule has 6 rings (SSSR count). The van der Waals surface area contributed by atoms with E-state index in [1.165, 1.54) is 12.5 Å². The maximum atomic E-state index is 14.5. The highest BCUT2D eigenvalue weighted by Gasteiger charge is 2.46. The molecular weight excluding hydrogens is 457 g/mol. The molecule has 8 nitrogen and oxygen atoms in total. The van der Waals surface area contributed by atoms with E-state index in [-0.39, 0.29) is 11.6 Å². The highest BCUT2D eigenvalue weighted by Crippen LogP contribution is 2.45. The minimum Gasteiger partial charge on any atom is -0.371 e. The lowest BCUT2D eigenvalue weighted by atomic mass is 10.0. The highest BCUT2D eigenvalue weighted by molar-refractivity contribution is 6.13. The molecule has 0 radical (unpaired) electrons. The fraction of sp³-hybridized carbons (Fsp3) is 0.444. The molecule has 4 heterocycles. The van der Waals surface area contributed by atoms with Crippen molar-refractivity contribution in [2.24, 2.45) is 12.5 Å². The Labute approximate surface area is 209 Å². The van der Waals surface area contributed by atoms with Gasteiger partial charge in [-0.1, -0.05) is 13.8 Å². The van der Waals surface area contributed by atoms with Gasteiger partial charge >= 0.3 is 0 Å². The van der Waals surface area contributed by atoms with Crippen molar-refractivity contribution in [1.82, 2.24) is 24.5 Å². The molecule has 36 heavy (non-hydrogen) atoms. The van der Waals surface area contributed by atoms with Crippen molar-refractivity contribution in [1.29, 1.82) is 0 Å². The molecule has 9 heteroatoms. The predicted molar refractivity (Wildman–Crippen MR) is 139 cm³/mol. The molecular formula is C27H32FN7O. The lowest BCUT2D eigenvalue weighted by molar-refractivity contribution is 0.102. The van der Waals surface area contributed by atoms with Gasteiger partial charge in [-0.15, -0.1) is 0 Å². The number of pyridine rings is 1. The van der Waals surface area contributed by atoms with Gasteiger partial charge in [-0.05, 0) is 43.7 Å². The van der Waals surface area contributed by atoms with E-state index in [4.69, 9.17) is 0 Å². The number of hydrogen-bond donors (Lipinski definition) is 2. The number of piperidine rings is 1. The van der Waals surface area contributed by atoms with Gasteiger partial charge in [0.1, 0.15) is 5.52 Å². The number of hydrogen-bond acceptors (Lipinski definition) is 5. The largest absolute Gasteiger partial charge is 0.371 e. The number of aryl methyl sites for hydroxylation is 2. The molecule has 2 fully saturated rings. The van der Waals surface area contributed by atoms with Crippen molar-refractivity contribution < 1.29 is 9.18 Å². The molecule has 1 aromatic carbocycles. The van der Waals surface area contributed by atoms with Crippen molar-refractivity contribution in [2.45, 2.75) is 52.1 Å². The topological polar surface area (TPSA) is 79.5 Å². The lowest BCUT2D eigenvalue weighted by Gasteiger charge is -2.34. The minimum absolute atomic E-state index is 0.238. The predicted octanol–water partition coefficient (Wildman–Crippen LogP) is 4.28. The van der Waals surface area contributed by atoms with E-state index < -0.39 is 5.82 Å². The van der Waals surface area contributed by atoms with Gasteiger partial charge < -0.3 is 19.9 Å². The summed E-state index contributed by atoms with van der Waals surface area (Å²) < 4.78 is 17.8. The van der Waals surface area contributed by atoms with E-state index in [9.17, 15) is 9.18 Å². The first kappa shape index (κ1) is 23.0. The molecule has 4 aromatic rings. The van der Waals surface area contributed by atoms with Crippen LogP contribution in [0.5, 0.6) is 0 Å². The first-order valence-electron chi connectivity index (χ1n) is 12.6. The Kier molecular flexibility index (Phi) is 5.29. The van der Waals surface area contributed by atoms with Crippen molar-refractivity contribution in [3.63, 3.8) is 0 Å². The number of halogens is 1. The summed E-state index contributed by atoms with van der Waals surface area (Å²) >= 11 is 0. The van der Waals surface area contributed by atoms with E-state index in [0.717, 1.165) is 37.0 Å². The summed E-state index contributed by atoms with van der Waals surface area (Å²) in [6, 6.07) is 6.33. The first-order valence-corrected chi connectivity index (χ1v) is 12.6. The molecule has 1 aliphatic carbocycles. The molecule has 0 bridgehead atoms. The summed E-state index contributed by atoms with van der Waals surface area (Å²) in [5.74, 6) is -0.807. The average molecular weight is 490 g/mol. The Hall–Kier alpha value is -3.46. The third-order valence-corrected chi connectivity index (χ3v) is 7.68. The molecule has 2 N–H and O–H groups in total. The summed E-state index contributed by atoms with van der Waals surface area (Å²) in [6.07, 6.45) is 8.82. The number of rotatable bonds is 5. The number of aromatic nitrogens is 4. The fourth-order valence-electron chi connectivity index (χ4n) is 5.43. The molecule has 1 saturated carbocycles. The van der Waals surface area contributed by atoms with E-state index in [1.54, 1.807) is 28.4 Å². The number of carbonyl (C=O) groups excluding carboxylic acids is 1. The van der Waals surface area contributed by atoms with Gasteiger partial charge in [0.2, 0.25) is 0 Å². The van der Waals surface area contributed by atoms with Crippen molar-refractivity contribution >= 4 is 33.8 Å². The number of nitrogens with zero attached hydrogens (tertiary/aromatic N) is 5. The van der Waals surface area contributed by atoms with Gasteiger partial charge in [0.15, 0.2) is 11.5 Å². The number of imidazole rings is 1. The Morgan fingerprint density at radius 3 is 2.64 bits per heavy atom. The molecule has 1 saturated heterocycles. The molecule has 1 aliphatic heterocycles. The number of nitrogens with one attached hydrogen (secondary N) is 2. The number of amides is 1. The summed E-state index contributed by atoms with van der Waals surface area (Å²) in [4.78, 5) is 19.8. The van der Waals surface area contributed by atoms with Gasteiger partial charge in [0, 0.05) is 68.0 Å². The van der Waals surface area contributed by atoms with Gasteiger partial charge in [0.05, 0.1) is 16.9 Å². The van der Waals surface area contributed by atoms with E-state index >= 15 is 0 Å². The fourth-order valence-corrected chi connectivity index (χ4v) is 5.43. The summed E-state index contributed by atoms with van der Waals surface area (Å²) in [5, 5.41) is 12.2. The molecule has 0 spiro atoms. The second-order valence-corrected chi connectivity index (χ2v) is 11.0. The highest BCUT2D eigenvalue weighted by atomic mass is 19.1. The van der Waals surface area contributed by atoms with Crippen LogP contribution in [0.2, 0.25) is 0 Å². The first-order chi connectivity index (χ1) is 17.2. The number of fused-ring (bicyclic) bond motifs is 2. The average Bonchev–Trinajstić information content (AvgIpc) is 3.11. The number of benzene rings is 1. The molecule has 1 amide bonds. The van der Waals surface area contributed by atoms with Crippen LogP contribution in [0.1, 0.15) is 49.2 Å². The second kappa shape index (κ2) is 8.30. The molecule has 1 unspecified atom stereocenters. The smallest absolute Gasteiger partial charge is 0.257 e. The molecule has 3 aromatic heterocycles. The van der Waals surface area contributed by atoms with Gasteiger partial charge in [-0.25, -0.2) is 9.37 Å². The van der Waals surface area contributed by atoms with E-state index in [0.29, 0.717) is 40.0 Å². The van der Waals surface area contributed by atoms with Gasteiger partial charge in [-0.3, -0.25) is 9.48 Å². The quantitative estimate of drug-likeness (QED) is 0.438. The van der Waals surface area contributed by atoms with E-state index in [1.807, 2.05) is 25.4 Å². The van der Waals surface area contributed by atoms with Crippen LogP contribution >= 0.6 is 0 Å². The zero-order chi connectivity index (χ0) is 25.2. The van der Waals surface area contributed by atoms with Crippen molar-refractivity contribution in [2.75, 3.05) is 23.3 Å². The van der Waals surface area contributed by atoms with Crippen molar-refractivity contribution in [3.8, 4) is 0 Å². The summed E-state index contributed by atoms with van der Waals surface area (Å²) in [7, 11) is 1.86. The van der Waals surface area contributed by atoms with Crippen molar-refractivity contribution in [3.05, 3.63) is 53.9 Å². The summed E-state index contributed by atoms with van der Waals surface area (Å²) in [5.41, 5.74) is 3.95. The van der Waals surface area contributed by atoms with Crippen LogP contribution in [0, 0.1) is 18.2 Å². The van der Waals surface area contributed by atoms with Crippen LogP contribution in [0.15, 0.2) is 36.8 Å². The second-order valence-electron chi connectivity index (χ2n) is 11.0. The van der Waals surface area contributed by atoms with Crippen LogP contribution in [-0.2, 0) is 7.05 Å². The third-order valence-electron chi connectivity index (χ3n) is 7.68. The zero-order valence-electron chi connectivity index (χ0n) is 21.2. The number of anilines is 2. The maximum Gasteiger partial charge on any atom is 0.257 e. The van der Waals surface area contributed by atoms with Gasteiger partial charge in [-0.2, -0.15) is 5.10 Å². The Morgan fingerprint density at radius 1 is 1.17 bits per heavy atom. The Morgan fingerprint density at radius 2 is 1.92 bits per heavy atom. The Balaban J connectivity index is 1.22. The minimum atomic E-state index is -0.484. The number of carbonyl (C=O) groups is 1. The molecule has 2 aliphatic rings. The van der Waals surface area contributed by atoms with Crippen LogP contribution in [-0.4, -0.2) is 50.2 Å². The SMILES string of the molecule is Cc1cn2cc(NC(=O)c3ccc(N4CCC(NC5CC5(C)C)CC4)c4cn(C)nc34)cc(F)c2n1. The van der Waals surface area contributed by atoms with Crippen LogP contribution < -0.4 is 15.5 Å². The van der Waals surface area contributed by atoms with Crippen LogP contribution in [0.4, 0.5) is 15.8 Å². The van der Waals surface area contributed by atoms with Gasteiger partial charge in [0.25, 0.3) is 5.91 Å². The lowest BCUT2D eigenvalue weighted by Crippen LogP contribution is -2.44. The zero-order valence-corrected chi connectivity index (χ0v) is 21.2.